The summed E-state index contributed by atoms with van der Waals surface area (Å²) in [4.78, 5) is 23.8. The van der Waals surface area contributed by atoms with E-state index in [4.69, 9.17) is 0 Å². The molecule has 1 amide bonds. The van der Waals surface area contributed by atoms with Crippen molar-refractivity contribution in [3.05, 3.63) is 27.0 Å². The highest BCUT2D eigenvalue weighted by atomic mass is 32.1. The van der Waals surface area contributed by atoms with Gasteiger partial charge in [0.15, 0.2) is 5.78 Å². The lowest BCUT2D eigenvalue weighted by atomic mass is 10.1. The van der Waals surface area contributed by atoms with Crippen molar-refractivity contribution >= 4 is 23.0 Å². The molecule has 1 atom stereocenters. The van der Waals surface area contributed by atoms with E-state index in [1.54, 1.807) is 4.68 Å². The smallest absolute Gasteiger partial charge is 0.222 e. The molecule has 2 heterocycles. The fraction of sp³-hybridized carbons (Fsp3) is 0.562. The molecule has 2 rings (SSSR count). The number of hydrogen-bond acceptors (Lipinski definition) is 6. The first-order chi connectivity index (χ1) is 11.3. The minimum atomic E-state index is -0.111. The highest BCUT2D eigenvalue weighted by Gasteiger charge is 2.20. The van der Waals surface area contributed by atoms with Crippen molar-refractivity contribution < 1.29 is 9.59 Å². The normalized spacial score (nSPS) is 12.2. The summed E-state index contributed by atoms with van der Waals surface area (Å²) in [5.74, 6) is -0.0408. The first-order valence-corrected chi connectivity index (χ1v) is 8.73. The van der Waals surface area contributed by atoms with Gasteiger partial charge in [-0.2, -0.15) is 5.10 Å². The third-order valence-electron chi connectivity index (χ3n) is 3.80. The van der Waals surface area contributed by atoms with Crippen LogP contribution in [0.4, 0.5) is 0 Å². The van der Waals surface area contributed by atoms with Crippen molar-refractivity contribution in [2.24, 2.45) is 0 Å². The molecule has 0 aromatic carbocycles. The largest absolute Gasteiger partial charge is 0.356 e. The van der Waals surface area contributed by atoms with Crippen molar-refractivity contribution in [2.75, 3.05) is 6.54 Å². The Labute approximate surface area is 145 Å². The summed E-state index contributed by atoms with van der Waals surface area (Å²) in [5.41, 5.74) is 2.16. The summed E-state index contributed by atoms with van der Waals surface area (Å²) in [6, 6.07) is -0.111. The van der Waals surface area contributed by atoms with Crippen molar-refractivity contribution in [1.82, 2.24) is 25.3 Å². The number of nitrogens with one attached hydrogen (secondary N) is 1. The van der Waals surface area contributed by atoms with Gasteiger partial charge in [-0.25, -0.2) is 0 Å². The molecule has 1 N–H and O–H groups in total. The minimum absolute atomic E-state index is 0.000234. The standard InChI is InChI=1S/C16H23N5O2S/c1-9(21-11(3)16(12(4)22)10(2)20-21)8-14(23)17-7-6-15-19-18-13(5)24-15/h9H,6-8H2,1-5H3,(H,17,23)/t9-/m1/s1. The molecule has 0 radical (unpaired) electrons. The van der Waals surface area contributed by atoms with Gasteiger partial charge >= 0.3 is 0 Å². The highest BCUT2D eigenvalue weighted by Crippen LogP contribution is 2.19. The third-order valence-corrected chi connectivity index (χ3v) is 4.70. The van der Waals surface area contributed by atoms with E-state index in [0.717, 1.165) is 15.7 Å². The quantitative estimate of drug-likeness (QED) is 0.774. The summed E-state index contributed by atoms with van der Waals surface area (Å²) in [6.45, 7) is 9.59. The monoisotopic (exact) mass is 349 g/mol. The van der Waals surface area contributed by atoms with Gasteiger partial charge < -0.3 is 5.32 Å². The Morgan fingerprint density at radius 3 is 2.50 bits per heavy atom. The lowest BCUT2D eigenvalue weighted by Gasteiger charge is -2.14. The molecule has 0 spiro atoms. The molecule has 2 aromatic rings. The van der Waals surface area contributed by atoms with Crippen LogP contribution in [0.1, 0.15) is 58.1 Å². The van der Waals surface area contributed by atoms with Gasteiger partial charge in [-0.1, -0.05) is 0 Å². The molecule has 0 aliphatic heterocycles. The van der Waals surface area contributed by atoms with Crippen LogP contribution in [-0.4, -0.2) is 38.2 Å². The van der Waals surface area contributed by atoms with Gasteiger partial charge in [0.2, 0.25) is 5.91 Å². The summed E-state index contributed by atoms with van der Waals surface area (Å²) >= 11 is 1.54. The average Bonchev–Trinajstić information content (AvgIpc) is 3.02. The van der Waals surface area contributed by atoms with Gasteiger partial charge in [0.05, 0.1) is 17.3 Å². The summed E-state index contributed by atoms with van der Waals surface area (Å²) < 4.78 is 1.76. The second kappa shape index (κ2) is 7.65. The lowest BCUT2D eigenvalue weighted by molar-refractivity contribution is -0.121. The van der Waals surface area contributed by atoms with Crippen LogP contribution >= 0.6 is 11.3 Å². The fourth-order valence-corrected chi connectivity index (χ4v) is 3.48. The fourth-order valence-electron chi connectivity index (χ4n) is 2.78. The van der Waals surface area contributed by atoms with Crippen LogP contribution in [-0.2, 0) is 11.2 Å². The number of aromatic nitrogens is 4. The van der Waals surface area contributed by atoms with Crippen LogP contribution in [0.15, 0.2) is 0 Å². The summed E-state index contributed by atoms with van der Waals surface area (Å²) in [6.07, 6.45) is 0.995. The number of aryl methyl sites for hydroxylation is 2. The van der Waals surface area contributed by atoms with Crippen LogP contribution in [0.3, 0.4) is 0 Å². The second-order valence-corrected chi connectivity index (χ2v) is 7.18. The molecule has 24 heavy (non-hydrogen) atoms. The van der Waals surface area contributed by atoms with E-state index in [9.17, 15) is 9.59 Å². The number of carbonyl (C=O) groups excluding carboxylic acids is 2. The van der Waals surface area contributed by atoms with E-state index in [1.165, 1.54) is 18.3 Å². The molecule has 0 saturated carbocycles. The molecular weight excluding hydrogens is 326 g/mol. The zero-order valence-electron chi connectivity index (χ0n) is 14.7. The van der Waals surface area contributed by atoms with Crippen molar-refractivity contribution in [3.8, 4) is 0 Å². The average molecular weight is 349 g/mol. The van der Waals surface area contributed by atoms with E-state index >= 15 is 0 Å². The van der Waals surface area contributed by atoms with Crippen molar-refractivity contribution in [1.29, 1.82) is 0 Å². The van der Waals surface area contributed by atoms with Crippen molar-refractivity contribution in [2.45, 2.75) is 53.5 Å². The number of Topliss-reactive ketones (excluding diaryl/α,β-unsaturated/α-hetero) is 1. The molecule has 2 aromatic heterocycles. The first-order valence-electron chi connectivity index (χ1n) is 7.92. The predicted molar refractivity (Wildman–Crippen MR) is 92.4 cm³/mol. The molecular formula is C16H23N5O2S. The molecule has 7 nitrogen and oxygen atoms in total. The topological polar surface area (TPSA) is 89.8 Å². The predicted octanol–water partition coefficient (Wildman–Crippen LogP) is 2.17. The summed E-state index contributed by atoms with van der Waals surface area (Å²) in [5, 5.41) is 17.1. The van der Waals surface area contributed by atoms with Crippen molar-refractivity contribution in [3.63, 3.8) is 0 Å². The Morgan fingerprint density at radius 1 is 1.25 bits per heavy atom. The number of ketones is 1. The van der Waals surface area contributed by atoms with Gasteiger partial charge in [-0.05, 0) is 34.6 Å². The van der Waals surface area contributed by atoms with Gasteiger partial charge in [-0.3, -0.25) is 14.3 Å². The van der Waals surface area contributed by atoms with E-state index in [2.05, 4.69) is 20.6 Å². The van der Waals surface area contributed by atoms with Gasteiger partial charge in [0.25, 0.3) is 0 Å². The number of amides is 1. The van der Waals surface area contributed by atoms with E-state index in [0.29, 0.717) is 30.6 Å². The maximum absolute atomic E-state index is 12.1. The SMILES string of the molecule is CC(=O)c1c(C)nn([C@H](C)CC(=O)NCCc2nnc(C)s2)c1C. The van der Waals surface area contributed by atoms with Crippen LogP contribution in [0.5, 0.6) is 0 Å². The maximum atomic E-state index is 12.1. The Morgan fingerprint density at radius 2 is 1.96 bits per heavy atom. The molecule has 130 valence electrons. The van der Waals surface area contributed by atoms with E-state index < -0.39 is 0 Å². The zero-order chi connectivity index (χ0) is 17.9. The number of carbonyl (C=O) groups is 2. The molecule has 0 saturated heterocycles. The Hall–Kier alpha value is -2.09. The van der Waals surface area contributed by atoms with Crippen LogP contribution < -0.4 is 5.32 Å². The van der Waals surface area contributed by atoms with E-state index in [1.807, 2.05) is 27.7 Å². The molecule has 0 fully saturated rings. The van der Waals surface area contributed by atoms with Crippen LogP contribution in [0.25, 0.3) is 0 Å². The van der Waals surface area contributed by atoms with Gasteiger partial charge in [-0.15, -0.1) is 21.5 Å². The van der Waals surface area contributed by atoms with Gasteiger partial charge in [0.1, 0.15) is 10.0 Å². The third kappa shape index (κ3) is 4.25. The second-order valence-electron chi connectivity index (χ2n) is 5.91. The molecule has 0 bridgehead atoms. The minimum Gasteiger partial charge on any atom is -0.356 e. The Balaban J connectivity index is 1.89. The highest BCUT2D eigenvalue weighted by molar-refractivity contribution is 7.11. The Kier molecular flexibility index (Phi) is 5.82. The maximum Gasteiger partial charge on any atom is 0.222 e. The number of nitrogens with zero attached hydrogens (tertiary/aromatic N) is 4. The van der Waals surface area contributed by atoms with Crippen LogP contribution in [0.2, 0.25) is 0 Å². The molecule has 0 unspecified atom stereocenters. The number of rotatable bonds is 7. The van der Waals surface area contributed by atoms with Crippen LogP contribution in [0, 0.1) is 20.8 Å². The lowest BCUT2D eigenvalue weighted by Crippen LogP contribution is -2.28. The zero-order valence-corrected chi connectivity index (χ0v) is 15.5. The molecule has 0 aliphatic rings. The van der Waals surface area contributed by atoms with E-state index in [-0.39, 0.29) is 17.7 Å². The first kappa shape index (κ1) is 18.3. The summed E-state index contributed by atoms with van der Waals surface area (Å²) in [7, 11) is 0. The number of hydrogen-bond donors (Lipinski definition) is 1. The van der Waals surface area contributed by atoms with Gasteiger partial charge in [0, 0.05) is 25.1 Å². The molecule has 8 heteroatoms. The molecule has 0 aliphatic carbocycles. The Bertz CT molecular complexity index is 750.